The van der Waals surface area contributed by atoms with Gasteiger partial charge in [-0.2, -0.15) is 0 Å². The van der Waals surface area contributed by atoms with Gasteiger partial charge in [-0.05, 0) is 27.7 Å². The highest BCUT2D eigenvalue weighted by atomic mass is 16.6. The standard InChI is InChI=1S/C16H24N2O4/c1-11-8-13(9-14(17-11)20-5)21-12-6-7-18(10-12)15(19)22-16(2,3)4/h8-9,12H,6-7,10H2,1-5H3/t12-/m1/s1. The lowest BCUT2D eigenvalue weighted by Gasteiger charge is -2.24. The Morgan fingerprint density at radius 2 is 2.09 bits per heavy atom. The molecule has 6 nitrogen and oxygen atoms in total. The second kappa shape index (κ2) is 6.42. The third kappa shape index (κ3) is 4.51. The second-order valence-corrected chi connectivity index (χ2v) is 6.44. The van der Waals surface area contributed by atoms with Gasteiger partial charge in [0.2, 0.25) is 5.88 Å². The third-order valence-electron chi connectivity index (χ3n) is 3.21. The van der Waals surface area contributed by atoms with E-state index in [0.29, 0.717) is 24.7 Å². The lowest BCUT2D eigenvalue weighted by Crippen LogP contribution is -2.36. The molecular weight excluding hydrogens is 284 g/mol. The maximum Gasteiger partial charge on any atom is 0.410 e. The number of rotatable bonds is 3. The van der Waals surface area contributed by atoms with Crippen molar-refractivity contribution in [2.75, 3.05) is 20.2 Å². The molecule has 0 unspecified atom stereocenters. The van der Waals surface area contributed by atoms with E-state index in [1.54, 1.807) is 18.1 Å². The van der Waals surface area contributed by atoms with Gasteiger partial charge in [0.15, 0.2) is 0 Å². The average Bonchev–Trinajstić information content (AvgIpc) is 2.84. The van der Waals surface area contributed by atoms with Crippen molar-refractivity contribution in [2.45, 2.75) is 45.8 Å². The molecule has 122 valence electrons. The summed E-state index contributed by atoms with van der Waals surface area (Å²) in [6.45, 7) is 8.64. The minimum absolute atomic E-state index is 0.0426. The van der Waals surface area contributed by atoms with Crippen LogP contribution in [0.4, 0.5) is 4.79 Å². The summed E-state index contributed by atoms with van der Waals surface area (Å²) in [5, 5.41) is 0. The number of aryl methyl sites for hydroxylation is 1. The van der Waals surface area contributed by atoms with Crippen LogP contribution in [0.25, 0.3) is 0 Å². The summed E-state index contributed by atoms with van der Waals surface area (Å²) in [7, 11) is 1.57. The highest BCUT2D eigenvalue weighted by molar-refractivity contribution is 5.68. The molecule has 0 aromatic carbocycles. The zero-order chi connectivity index (χ0) is 16.3. The molecule has 22 heavy (non-hydrogen) atoms. The van der Waals surface area contributed by atoms with E-state index in [1.165, 1.54) is 0 Å². The van der Waals surface area contributed by atoms with Gasteiger partial charge in [0, 0.05) is 30.8 Å². The fourth-order valence-electron chi connectivity index (χ4n) is 2.29. The number of pyridine rings is 1. The van der Waals surface area contributed by atoms with Crippen LogP contribution in [-0.4, -0.2) is 47.9 Å². The fraction of sp³-hybridized carbons (Fsp3) is 0.625. The number of likely N-dealkylation sites (tertiary alicyclic amines) is 1. The zero-order valence-electron chi connectivity index (χ0n) is 13.9. The van der Waals surface area contributed by atoms with Crippen LogP contribution in [-0.2, 0) is 4.74 Å². The molecule has 1 saturated heterocycles. The molecule has 1 atom stereocenters. The van der Waals surface area contributed by atoms with Gasteiger partial charge in [0.1, 0.15) is 17.5 Å². The summed E-state index contributed by atoms with van der Waals surface area (Å²) >= 11 is 0. The molecule has 0 spiro atoms. The fourth-order valence-corrected chi connectivity index (χ4v) is 2.29. The van der Waals surface area contributed by atoms with Crippen molar-refractivity contribution < 1.29 is 19.0 Å². The number of carbonyl (C=O) groups is 1. The Hall–Kier alpha value is -1.98. The summed E-state index contributed by atoms with van der Waals surface area (Å²) in [6.07, 6.45) is 0.448. The van der Waals surface area contributed by atoms with Crippen molar-refractivity contribution in [2.24, 2.45) is 0 Å². The molecule has 0 aliphatic carbocycles. The number of hydrogen-bond acceptors (Lipinski definition) is 5. The molecule has 0 bridgehead atoms. The van der Waals surface area contributed by atoms with E-state index in [0.717, 1.165) is 12.1 Å². The van der Waals surface area contributed by atoms with E-state index in [-0.39, 0.29) is 12.2 Å². The quantitative estimate of drug-likeness (QED) is 0.859. The number of nitrogens with zero attached hydrogens (tertiary/aromatic N) is 2. The van der Waals surface area contributed by atoms with Crippen molar-refractivity contribution in [3.63, 3.8) is 0 Å². The van der Waals surface area contributed by atoms with E-state index in [9.17, 15) is 4.79 Å². The normalized spacial score (nSPS) is 18.2. The Labute approximate surface area is 131 Å². The molecule has 1 aliphatic rings. The summed E-state index contributed by atoms with van der Waals surface area (Å²) in [6, 6.07) is 3.61. The van der Waals surface area contributed by atoms with E-state index < -0.39 is 5.60 Å². The number of hydrogen-bond donors (Lipinski definition) is 0. The van der Waals surface area contributed by atoms with Gasteiger partial charge >= 0.3 is 6.09 Å². The minimum atomic E-state index is -0.481. The highest BCUT2D eigenvalue weighted by Gasteiger charge is 2.30. The predicted octanol–water partition coefficient (Wildman–Crippen LogP) is 2.79. The van der Waals surface area contributed by atoms with Crippen LogP contribution in [0, 0.1) is 6.92 Å². The van der Waals surface area contributed by atoms with Crippen LogP contribution in [0.1, 0.15) is 32.9 Å². The molecule has 6 heteroatoms. The Kier molecular flexibility index (Phi) is 4.78. The van der Waals surface area contributed by atoms with E-state index in [2.05, 4.69) is 4.98 Å². The van der Waals surface area contributed by atoms with E-state index in [1.807, 2.05) is 33.8 Å². The van der Waals surface area contributed by atoms with Crippen molar-refractivity contribution in [3.8, 4) is 11.6 Å². The van der Waals surface area contributed by atoms with Gasteiger partial charge in [-0.15, -0.1) is 0 Å². The number of amides is 1. The lowest BCUT2D eigenvalue weighted by molar-refractivity contribution is 0.0275. The van der Waals surface area contributed by atoms with Crippen LogP contribution < -0.4 is 9.47 Å². The largest absolute Gasteiger partial charge is 0.488 e. The molecule has 0 N–H and O–H groups in total. The molecule has 2 rings (SSSR count). The maximum absolute atomic E-state index is 12.0. The molecule has 0 radical (unpaired) electrons. The van der Waals surface area contributed by atoms with Gasteiger partial charge in [-0.25, -0.2) is 9.78 Å². The molecule has 1 amide bonds. The first-order valence-electron chi connectivity index (χ1n) is 7.44. The van der Waals surface area contributed by atoms with Crippen LogP contribution >= 0.6 is 0 Å². The second-order valence-electron chi connectivity index (χ2n) is 6.44. The van der Waals surface area contributed by atoms with Gasteiger partial charge in [0.25, 0.3) is 0 Å². The summed E-state index contributed by atoms with van der Waals surface area (Å²) < 4.78 is 16.5. The van der Waals surface area contributed by atoms with Crippen LogP contribution in [0.15, 0.2) is 12.1 Å². The summed E-state index contributed by atoms with van der Waals surface area (Å²) in [5.74, 6) is 1.23. The van der Waals surface area contributed by atoms with Crippen LogP contribution in [0.3, 0.4) is 0 Å². The number of ether oxygens (including phenoxy) is 3. The Morgan fingerprint density at radius 1 is 1.36 bits per heavy atom. The topological polar surface area (TPSA) is 60.9 Å². The molecule has 1 aliphatic heterocycles. The zero-order valence-corrected chi connectivity index (χ0v) is 13.9. The average molecular weight is 308 g/mol. The molecule has 2 heterocycles. The van der Waals surface area contributed by atoms with Crippen molar-refractivity contribution >= 4 is 6.09 Å². The minimum Gasteiger partial charge on any atom is -0.488 e. The molecule has 1 fully saturated rings. The maximum atomic E-state index is 12.0. The smallest absolute Gasteiger partial charge is 0.410 e. The van der Waals surface area contributed by atoms with E-state index in [4.69, 9.17) is 14.2 Å². The molecule has 1 aromatic heterocycles. The summed E-state index contributed by atoms with van der Waals surface area (Å²) in [5.41, 5.74) is 0.349. The van der Waals surface area contributed by atoms with Crippen LogP contribution in [0.2, 0.25) is 0 Å². The van der Waals surface area contributed by atoms with Crippen molar-refractivity contribution in [3.05, 3.63) is 17.8 Å². The molecule has 0 saturated carbocycles. The van der Waals surface area contributed by atoms with Gasteiger partial charge in [0.05, 0.1) is 13.7 Å². The van der Waals surface area contributed by atoms with Gasteiger partial charge < -0.3 is 19.1 Å². The predicted molar refractivity (Wildman–Crippen MR) is 82.4 cm³/mol. The first kappa shape index (κ1) is 16.4. The Bertz CT molecular complexity index is 539. The number of carbonyl (C=O) groups excluding carboxylic acids is 1. The Balaban J connectivity index is 1.94. The van der Waals surface area contributed by atoms with Crippen molar-refractivity contribution in [1.29, 1.82) is 0 Å². The van der Waals surface area contributed by atoms with Gasteiger partial charge in [-0.3, -0.25) is 0 Å². The first-order chi connectivity index (χ1) is 10.3. The lowest BCUT2D eigenvalue weighted by atomic mass is 10.2. The molecule has 1 aromatic rings. The number of aromatic nitrogens is 1. The monoisotopic (exact) mass is 308 g/mol. The van der Waals surface area contributed by atoms with Crippen LogP contribution in [0.5, 0.6) is 11.6 Å². The Morgan fingerprint density at radius 3 is 2.73 bits per heavy atom. The molecular formula is C16H24N2O4. The first-order valence-corrected chi connectivity index (χ1v) is 7.44. The van der Waals surface area contributed by atoms with E-state index >= 15 is 0 Å². The van der Waals surface area contributed by atoms with Gasteiger partial charge in [-0.1, -0.05) is 0 Å². The number of methoxy groups -OCH3 is 1. The highest BCUT2D eigenvalue weighted by Crippen LogP contribution is 2.23. The SMILES string of the molecule is COc1cc(O[C@@H]2CCN(C(=O)OC(C)(C)C)C2)cc(C)n1. The van der Waals surface area contributed by atoms with Crippen molar-refractivity contribution in [1.82, 2.24) is 9.88 Å². The third-order valence-corrected chi connectivity index (χ3v) is 3.21. The summed E-state index contributed by atoms with van der Waals surface area (Å²) in [4.78, 5) is 17.9.